The highest BCUT2D eigenvalue weighted by Gasteiger charge is 2.37. The third-order valence-electron chi connectivity index (χ3n) is 4.24. The maximum absolute atomic E-state index is 5.96. The second-order valence-electron chi connectivity index (χ2n) is 6.24. The van der Waals surface area contributed by atoms with Gasteiger partial charge in [-0.2, -0.15) is 0 Å². The summed E-state index contributed by atoms with van der Waals surface area (Å²) in [7, 11) is 0. The summed E-state index contributed by atoms with van der Waals surface area (Å²) < 4.78 is 11.9. The highest BCUT2D eigenvalue weighted by molar-refractivity contribution is 4.76. The van der Waals surface area contributed by atoms with E-state index >= 15 is 0 Å². The molecule has 1 aliphatic heterocycles. The second-order valence-corrected chi connectivity index (χ2v) is 6.24. The monoisotopic (exact) mass is 270 g/mol. The van der Waals surface area contributed by atoms with E-state index in [2.05, 4.69) is 20.8 Å². The molecule has 0 radical (unpaired) electrons. The van der Waals surface area contributed by atoms with Crippen LogP contribution < -0.4 is 0 Å². The van der Waals surface area contributed by atoms with Crippen molar-refractivity contribution in [3.05, 3.63) is 0 Å². The van der Waals surface area contributed by atoms with Crippen molar-refractivity contribution in [2.45, 2.75) is 90.8 Å². The quantitative estimate of drug-likeness (QED) is 0.501. The minimum atomic E-state index is -0.277. The molecule has 0 amide bonds. The maximum Gasteiger partial charge on any atom is 0.170 e. The van der Waals surface area contributed by atoms with Crippen molar-refractivity contribution >= 4 is 0 Å². The molecular formula is C17H34O2. The van der Waals surface area contributed by atoms with Gasteiger partial charge < -0.3 is 9.47 Å². The van der Waals surface area contributed by atoms with E-state index in [-0.39, 0.29) is 5.79 Å². The zero-order valence-corrected chi connectivity index (χ0v) is 13.4. The average molecular weight is 270 g/mol. The van der Waals surface area contributed by atoms with E-state index < -0.39 is 0 Å². The standard InChI is InChI=1S/C17H34O2/c1-4-5-6-7-8-9-10-11-13-17(16(2)3)18-14-12-15-19-17/h16H,4-15H2,1-3H3. The van der Waals surface area contributed by atoms with Crippen LogP contribution in [-0.2, 0) is 9.47 Å². The van der Waals surface area contributed by atoms with Gasteiger partial charge in [0.15, 0.2) is 5.79 Å². The van der Waals surface area contributed by atoms with E-state index in [0.717, 1.165) is 26.1 Å². The summed E-state index contributed by atoms with van der Waals surface area (Å²) in [6.45, 7) is 8.45. The molecule has 0 unspecified atom stereocenters. The topological polar surface area (TPSA) is 18.5 Å². The first-order chi connectivity index (χ1) is 9.21. The molecule has 2 heteroatoms. The lowest BCUT2D eigenvalue weighted by atomic mass is 9.94. The number of rotatable bonds is 10. The highest BCUT2D eigenvalue weighted by atomic mass is 16.7. The Morgan fingerprint density at radius 1 is 0.842 bits per heavy atom. The summed E-state index contributed by atoms with van der Waals surface area (Å²) in [5.74, 6) is 0.179. The Bertz CT molecular complexity index is 207. The number of unbranched alkanes of at least 4 members (excludes halogenated alkanes) is 7. The van der Waals surface area contributed by atoms with E-state index in [9.17, 15) is 0 Å². The summed E-state index contributed by atoms with van der Waals surface area (Å²) >= 11 is 0. The van der Waals surface area contributed by atoms with Gasteiger partial charge in [-0.05, 0) is 12.8 Å². The molecule has 0 N–H and O–H groups in total. The molecule has 0 atom stereocenters. The smallest absolute Gasteiger partial charge is 0.170 e. The number of hydrogen-bond donors (Lipinski definition) is 0. The lowest BCUT2D eigenvalue weighted by molar-refractivity contribution is -0.292. The minimum absolute atomic E-state index is 0.277. The van der Waals surface area contributed by atoms with Crippen LogP contribution in [0.1, 0.15) is 85.0 Å². The summed E-state index contributed by atoms with van der Waals surface area (Å²) in [5, 5.41) is 0. The molecule has 114 valence electrons. The third kappa shape index (κ3) is 6.27. The first kappa shape index (κ1) is 17.0. The van der Waals surface area contributed by atoms with Gasteiger partial charge in [-0.3, -0.25) is 0 Å². The molecule has 19 heavy (non-hydrogen) atoms. The molecule has 0 spiro atoms. The Labute approximate surface area is 120 Å². The van der Waals surface area contributed by atoms with Crippen LogP contribution in [0.15, 0.2) is 0 Å². The van der Waals surface area contributed by atoms with E-state index in [1.807, 2.05) is 0 Å². The van der Waals surface area contributed by atoms with Crippen LogP contribution in [0, 0.1) is 5.92 Å². The fourth-order valence-corrected chi connectivity index (χ4v) is 2.86. The summed E-state index contributed by atoms with van der Waals surface area (Å²) in [6.07, 6.45) is 13.0. The molecule has 1 fully saturated rings. The van der Waals surface area contributed by atoms with E-state index in [0.29, 0.717) is 5.92 Å². The van der Waals surface area contributed by atoms with Crippen molar-refractivity contribution in [2.24, 2.45) is 5.92 Å². The van der Waals surface area contributed by atoms with Gasteiger partial charge in [-0.15, -0.1) is 0 Å². The molecule has 0 bridgehead atoms. The molecule has 0 aliphatic carbocycles. The Morgan fingerprint density at radius 3 is 1.89 bits per heavy atom. The van der Waals surface area contributed by atoms with Gasteiger partial charge in [0.05, 0.1) is 13.2 Å². The molecular weight excluding hydrogens is 236 g/mol. The van der Waals surface area contributed by atoms with Crippen LogP contribution in [0.3, 0.4) is 0 Å². The fraction of sp³-hybridized carbons (Fsp3) is 1.00. The minimum Gasteiger partial charge on any atom is -0.350 e. The predicted octanol–water partition coefficient (Wildman–Crippen LogP) is 5.31. The van der Waals surface area contributed by atoms with Crippen LogP contribution in [0.25, 0.3) is 0 Å². The molecule has 0 aromatic rings. The lowest BCUT2D eigenvalue weighted by Crippen LogP contribution is -2.45. The molecule has 1 heterocycles. The predicted molar refractivity (Wildman–Crippen MR) is 81.3 cm³/mol. The van der Waals surface area contributed by atoms with Gasteiger partial charge in [0, 0.05) is 12.3 Å². The average Bonchev–Trinajstić information content (AvgIpc) is 2.42. The lowest BCUT2D eigenvalue weighted by Gasteiger charge is -2.40. The van der Waals surface area contributed by atoms with Crippen molar-refractivity contribution in [3.8, 4) is 0 Å². The van der Waals surface area contributed by atoms with Gasteiger partial charge in [-0.25, -0.2) is 0 Å². The Hall–Kier alpha value is -0.0800. The third-order valence-corrected chi connectivity index (χ3v) is 4.24. The van der Waals surface area contributed by atoms with Crippen molar-refractivity contribution < 1.29 is 9.47 Å². The van der Waals surface area contributed by atoms with E-state index in [1.54, 1.807) is 0 Å². The molecule has 1 saturated heterocycles. The van der Waals surface area contributed by atoms with Crippen LogP contribution in [-0.4, -0.2) is 19.0 Å². The zero-order valence-electron chi connectivity index (χ0n) is 13.4. The van der Waals surface area contributed by atoms with Crippen molar-refractivity contribution in [3.63, 3.8) is 0 Å². The summed E-state index contributed by atoms with van der Waals surface area (Å²) in [5.41, 5.74) is 0. The van der Waals surface area contributed by atoms with Crippen molar-refractivity contribution in [1.29, 1.82) is 0 Å². The van der Waals surface area contributed by atoms with Crippen molar-refractivity contribution in [1.82, 2.24) is 0 Å². The van der Waals surface area contributed by atoms with Gasteiger partial charge in [0.25, 0.3) is 0 Å². The molecule has 1 aliphatic rings. The van der Waals surface area contributed by atoms with Gasteiger partial charge in [0.1, 0.15) is 0 Å². The summed E-state index contributed by atoms with van der Waals surface area (Å²) in [4.78, 5) is 0. The number of hydrogen-bond acceptors (Lipinski definition) is 2. The van der Waals surface area contributed by atoms with Crippen LogP contribution in [0.5, 0.6) is 0 Å². The first-order valence-electron chi connectivity index (χ1n) is 8.49. The zero-order chi connectivity index (χ0) is 14.0. The normalized spacial score (nSPS) is 18.9. The Morgan fingerprint density at radius 2 is 1.37 bits per heavy atom. The van der Waals surface area contributed by atoms with E-state index in [1.165, 1.54) is 51.4 Å². The van der Waals surface area contributed by atoms with Gasteiger partial charge in [0.2, 0.25) is 0 Å². The van der Waals surface area contributed by atoms with Crippen LogP contribution in [0.4, 0.5) is 0 Å². The second kappa shape index (κ2) is 9.77. The largest absolute Gasteiger partial charge is 0.350 e. The SMILES string of the molecule is CCCCCCCCCCC1(C(C)C)OCCCO1. The first-order valence-corrected chi connectivity index (χ1v) is 8.49. The van der Waals surface area contributed by atoms with E-state index in [4.69, 9.17) is 9.47 Å². The van der Waals surface area contributed by atoms with Crippen molar-refractivity contribution in [2.75, 3.05) is 13.2 Å². The molecule has 0 saturated carbocycles. The highest BCUT2D eigenvalue weighted by Crippen LogP contribution is 2.32. The Balaban J connectivity index is 2.08. The molecule has 1 rings (SSSR count). The molecule has 0 aromatic carbocycles. The van der Waals surface area contributed by atoms with Gasteiger partial charge >= 0.3 is 0 Å². The van der Waals surface area contributed by atoms with Crippen LogP contribution in [0.2, 0.25) is 0 Å². The van der Waals surface area contributed by atoms with Crippen LogP contribution >= 0.6 is 0 Å². The fourth-order valence-electron chi connectivity index (χ4n) is 2.86. The maximum atomic E-state index is 5.96. The molecule has 0 aromatic heterocycles. The van der Waals surface area contributed by atoms with Gasteiger partial charge in [-0.1, -0.05) is 65.7 Å². The molecule has 2 nitrogen and oxygen atoms in total. The Kier molecular flexibility index (Phi) is 8.72. The number of ether oxygens (including phenoxy) is 2. The summed E-state index contributed by atoms with van der Waals surface area (Å²) in [6, 6.07) is 0.